The summed E-state index contributed by atoms with van der Waals surface area (Å²) < 4.78 is 42.5. The largest absolute Gasteiger partial charge is 0.393 e. The van der Waals surface area contributed by atoms with E-state index in [1.54, 1.807) is 29.9 Å². The van der Waals surface area contributed by atoms with Crippen molar-refractivity contribution in [3.63, 3.8) is 0 Å². The summed E-state index contributed by atoms with van der Waals surface area (Å²) in [4.78, 5) is 0.162. The number of nitrogens with zero attached hydrogens (tertiary/aromatic N) is 3. The number of hydrogen-bond acceptors (Lipinski definition) is 5. The molecule has 4 rings (SSSR count). The Hall–Kier alpha value is -2.20. The summed E-state index contributed by atoms with van der Waals surface area (Å²) in [5.74, 6) is -0.0839. The van der Waals surface area contributed by atoms with E-state index in [-0.39, 0.29) is 23.0 Å². The highest BCUT2D eigenvalue weighted by Gasteiger charge is 2.29. The van der Waals surface area contributed by atoms with Gasteiger partial charge in [-0.15, -0.1) is 0 Å². The highest BCUT2D eigenvalue weighted by molar-refractivity contribution is 7.89. The number of hydrogen-bond donors (Lipinski definition) is 2. The Morgan fingerprint density at radius 1 is 1.21 bits per heavy atom. The van der Waals surface area contributed by atoms with Gasteiger partial charge in [-0.3, -0.25) is 4.68 Å². The quantitative estimate of drug-likeness (QED) is 0.652. The van der Waals surface area contributed by atoms with Gasteiger partial charge in [-0.05, 0) is 49.2 Å². The van der Waals surface area contributed by atoms with E-state index in [1.165, 1.54) is 22.5 Å². The molecule has 0 amide bonds. The Kier molecular flexibility index (Phi) is 5.24. The van der Waals surface area contributed by atoms with Gasteiger partial charge in [-0.2, -0.15) is 9.40 Å². The topological polar surface area (TPSA) is 87.5 Å². The number of fused-ring (bicyclic) bond motifs is 1. The van der Waals surface area contributed by atoms with Gasteiger partial charge in [-0.1, -0.05) is 11.6 Å². The van der Waals surface area contributed by atoms with Crippen molar-refractivity contribution in [2.24, 2.45) is 7.05 Å². The van der Waals surface area contributed by atoms with E-state index in [4.69, 9.17) is 11.6 Å². The fraction of sp³-hybridized carbons (Fsp3) is 0.316. The van der Waals surface area contributed by atoms with Gasteiger partial charge >= 0.3 is 0 Å². The molecule has 0 radical (unpaired) electrons. The molecule has 29 heavy (non-hydrogen) atoms. The number of aliphatic hydroxyl groups excluding tert-OH is 1. The minimum absolute atomic E-state index is 0.0224. The third-order valence-corrected chi connectivity index (χ3v) is 7.25. The molecule has 0 atom stereocenters. The number of sulfonamides is 1. The van der Waals surface area contributed by atoms with Gasteiger partial charge < -0.3 is 10.4 Å². The first-order valence-corrected chi connectivity index (χ1v) is 10.9. The van der Waals surface area contributed by atoms with E-state index in [1.807, 2.05) is 0 Å². The number of rotatable bonds is 4. The average molecular weight is 439 g/mol. The predicted octanol–water partition coefficient (Wildman–Crippen LogP) is 3.25. The van der Waals surface area contributed by atoms with Crippen LogP contribution < -0.4 is 5.32 Å². The van der Waals surface area contributed by atoms with Crippen molar-refractivity contribution in [3.05, 3.63) is 47.2 Å². The Labute approximate surface area is 172 Å². The zero-order valence-electron chi connectivity index (χ0n) is 15.6. The number of anilines is 2. The number of halogens is 2. The van der Waals surface area contributed by atoms with Crippen LogP contribution in [0.2, 0.25) is 5.02 Å². The maximum Gasteiger partial charge on any atom is 0.243 e. The zero-order valence-corrected chi connectivity index (χ0v) is 17.2. The molecular formula is C19H20ClFN4O3S. The van der Waals surface area contributed by atoms with Crippen LogP contribution in [-0.2, 0) is 17.1 Å². The van der Waals surface area contributed by atoms with E-state index in [0.29, 0.717) is 29.7 Å². The second-order valence-electron chi connectivity index (χ2n) is 7.04. The highest BCUT2D eigenvalue weighted by Crippen LogP contribution is 2.30. The van der Waals surface area contributed by atoms with Crippen LogP contribution in [0.5, 0.6) is 0 Å². The van der Waals surface area contributed by atoms with Gasteiger partial charge in [0.2, 0.25) is 10.0 Å². The third-order valence-electron chi connectivity index (χ3n) is 5.07. The SMILES string of the molecule is Cn1nc(Nc2ccc(F)c(Cl)c2)c2cc(S(=O)(=O)N3CCC(O)CC3)ccc21. The van der Waals surface area contributed by atoms with Crippen molar-refractivity contribution in [2.75, 3.05) is 18.4 Å². The fourth-order valence-corrected chi connectivity index (χ4v) is 5.12. The summed E-state index contributed by atoms with van der Waals surface area (Å²) in [7, 11) is -1.93. The maximum atomic E-state index is 13.4. The van der Waals surface area contributed by atoms with Crippen LogP contribution in [0, 0.1) is 5.82 Å². The molecule has 0 spiro atoms. The summed E-state index contributed by atoms with van der Waals surface area (Å²) in [6.07, 6.45) is 0.388. The van der Waals surface area contributed by atoms with E-state index >= 15 is 0 Å². The molecular weight excluding hydrogens is 419 g/mol. The fourth-order valence-electron chi connectivity index (χ4n) is 3.44. The van der Waals surface area contributed by atoms with E-state index in [9.17, 15) is 17.9 Å². The molecule has 10 heteroatoms. The van der Waals surface area contributed by atoms with Crippen LogP contribution in [-0.4, -0.2) is 46.8 Å². The molecule has 1 aromatic heterocycles. The minimum Gasteiger partial charge on any atom is -0.393 e. The molecule has 0 bridgehead atoms. The molecule has 2 aromatic carbocycles. The molecule has 2 N–H and O–H groups in total. The monoisotopic (exact) mass is 438 g/mol. The standard InChI is InChI=1S/C19H20ClFN4O3S/c1-24-18-5-3-14(29(27,28)25-8-6-13(26)7-9-25)11-15(18)19(23-24)22-12-2-4-17(21)16(20)10-12/h2-5,10-11,13,26H,6-9H2,1H3,(H,22,23). The van der Waals surface area contributed by atoms with Crippen LogP contribution >= 0.6 is 11.6 Å². The second kappa shape index (κ2) is 7.56. The van der Waals surface area contributed by atoms with Crippen molar-refractivity contribution < 1.29 is 17.9 Å². The van der Waals surface area contributed by atoms with Crippen molar-refractivity contribution >= 4 is 44.0 Å². The van der Waals surface area contributed by atoms with Gasteiger partial charge in [0.15, 0.2) is 5.82 Å². The number of benzene rings is 2. The Morgan fingerprint density at radius 2 is 1.93 bits per heavy atom. The van der Waals surface area contributed by atoms with Gasteiger partial charge in [0, 0.05) is 31.2 Å². The van der Waals surface area contributed by atoms with Gasteiger partial charge in [-0.25, -0.2) is 12.8 Å². The maximum absolute atomic E-state index is 13.4. The number of aromatic nitrogens is 2. The highest BCUT2D eigenvalue weighted by atomic mass is 35.5. The summed E-state index contributed by atoms with van der Waals surface area (Å²) in [5, 5.41) is 17.7. The summed E-state index contributed by atoms with van der Waals surface area (Å²) in [6.45, 7) is 0.571. The summed E-state index contributed by atoms with van der Waals surface area (Å²) in [5.41, 5.74) is 1.28. The first-order valence-electron chi connectivity index (χ1n) is 9.13. The number of nitrogens with one attached hydrogen (secondary N) is 1. The lowest BCUT2D eigenvalue weighted by molar-refractivity contribution is 0.113. The smallest absolute Gasteiger partial charge is 0.243 e. The lowest BCUT2D eigenvalue weighted by atomic mass is 10.1. The van der Waals surface area contributed by atoms with E-state index < -0.39 is 21.9 Å². The van der Waals surface area contributed by atoms with E-state index in [0.717, 1.165) is 5.52 Å². The summed E-state index contributed by atoms with van der Waals surface area (Å²) in [6, 6.07) is 9.06. The third kappa shape index (κ3) is 3.83. The molecule has 1 aliphatic heterocycles. The Balaban J connectivity index is 1.71. The molecule has 154 valence electrons. The molecule has 1 aliphatic rings. The van der Waals surface area contributed by atoms with Crippen molar-refractivity contribution in [1.29, 1.82) is 0 Å². The molecule has 7 nitrogen and oxygen atoms in total. The number of aryl methyl sites for hydroxylation is 1. The van der Waals surface area contributed by atoms with Crippen LogP contribution in [0.25, 0.3) is 10.9 Å². The lowest BCUT2D eigenvalue weighted by Gasteiger charge is -2.28. The van der Waals surface area contributed by atoms with E-state index in [2.05, 4.69) is 10.4 Å². The predicted molar refractivity (Wildman–Crippen MR) is 109 cm³/mol. The molecule has 3 aromatic rings. The molecule has 0 saturated carbocycles. The van der Waals surface area contributed by atoms with Crippen LogP contribution in [0.4, 0.5) is 15.9 Å². The molecule has 0 aliphatic carbocycles. The first kappa shape index (κ1) is 20.1. The van der Waals surface area contributed by atoms with Gasteiger partial charge in [0.05, 0.1) is 21.5 Å². The summed E-state index contributed by atoms with van der Waals surface area (Å²) >= 11 is 5.84. The Morgan fingerprint density at radius 3 is 2.62 bits per heavy atom. The van der Waals surface area contributed by atoms with Crippen molar-refractivity contribution in [2.45, 2.75) is 23.8 Å². The molecule has 2 heterocycles. The van der Waals surface area contributed by atoms with Crippen LogP contribution in [0.3, 0.4) is 0 Å². The number of piperidine rings is 1. The Bertz CT molecular complexity index is 1170. The molecule has 1 saturated heterocycles. The minimum atomic E-state index is -3.68. The van der Waals surface area contributed by atoms with Crippen molar-refractivity contribution in [1.82, 2.24) is 14.1 Å². The second-order valence-corrected chi connectivity index (χ2v) is 9.39. The van der Waals surface area contributed by atoms with Gasteiger partial charge in [0.25, 0.3) is 0 Å². The number of aliphatic hydroxyl groups is 1. The first-order chi connectivity index (χ1) is 13.8. The zero-order chi connectivity index (χ0) is 20.8. The van der Waals surface area contributed by atoms with Crippen molar-refractivity contribution in [3.8, 4) is 0 Å². The normalized spacial score (nSPS) is 16.4. The van der Waals surface area contributed by atoms with Gasteiger partial charge in [0.1, 0.15) is 5.82 Å². The average Bonchev–Trinajstić information content (AvgIpc) is 3.00. The molecule has 1 fully saturated rings. The van der Waals surface area contributed by atoms with Crippen LogP contribution in [0.15, 0.2) is 41.3 Å². The lowest BCUT2D eigenvalue weighted by Crippen LogP contribution is -2.39. The van der Waals surface area contributed by atoms with Crippen LogP contribution in [0.1, 0.15) is 12.8 Å². The molecule has 0 unspecified atom stereocenters.